The van der Waals surface area contributed by atoms with Gasteiger partial charge in [-0.05, 0) is 35.2 Å². The summed E-state index contributed by atoms with van der Waals surface area (Å²) in [5, 5.41) is 12.0. The number of aromatic nitrogens is 1. The molecule has 1 aromatic heterocycles. The Hall–Kier alpha value is -3.25. The van der Waals surface area contributed by atoms with E-state index in [9.17, 15) is 9.18 Å². The maximum Gasteiger partial charge on any atom is 0.255 e. The number of alkyl halides is 1. The van der Waals surface area contributed by atoms with E-state index >= 15 is 0 Å². The van der Waals surface area contributed by atoms with Crippen LogP contribution in [-0.4, -0.2) is 29.2 Å². The Morgan fingerprint density at radius 2 is 1.87 bits per heavy atom. The summed E-state index contributed by atoms with van der Waals surface area (Å²) in [5.41, 5.74) is 3.74. The Balaban J connectivity index is 1.79. The monoisotopic (exact) mass is 422 g/mol. The third-order valence-electron chi connectivity index (χ3n) is 4.85. The number of amides is 1. The number of hydrogen-bond acceptors (Lipinski definition) is 4. The van der Waals surface area contributed by atoms with Crippen molar-refractivity contribution in [1.29, 1.82) is 0 Å². The molecule has 0 unspecified atom stereocenters. The second kappa shape index (κ2) is 9.71. The number of carbonyl (C=O) groups excluding carboxylic acids is 1. The number of nitrogens with one attached hydrogen (secondary N) is 1. The van der Waals surface area contributed by atoms with E-state index in [1.807, 2.05) is 12.1 Å². The fourth-order valence-electron chi connectivity index (χ4n) is 3.28. The molecule has 3 rings (SSSR count). The molecule has 0 spiro atoms. The van der Waals surface area contributed by atoms with Crippen molar-refractivity contribution in [2.75, 3.05) is 18.5 Å². The Bertz CT molecular complexity index is 1040. The molecule has 5 nitrogen and oxygen atoms in total. The van der Waals surface area contributed by atoms with E-state index in [0.717, 1.165) is 11.1 Å². The zero-order valence-electron chi connectivity index (χ0n) is 18.0. The van der Waals surface area contributed by atoms with E-state index in [4.69, 9.17) is 9.84 Å². The van der Waals surface area contributed by atoms with Gasteiger partial charge >= 0.3 is 0 Å². The lowest BCUT2D eigenvalue weighted by Crippen LogP contribution is -2.16. The van der Waals surface area contributed by atoms with Crippen LogP contribution >= 0.6 is 0 Å². The van der Waals surface area contributed by atoms with Crippen LogP contribution in [0.4, 0.5) is 10.1 Å². The van der Waals surface area contributed by atoms with Crippen molar-refractivity contribution in [2.24, 2.45) is 0 Å². The summed E-state index contributed by atoms with van der Waals surface area (Å²) in [5.74, 6) is 0.360. The molecule has 2 N–H and O–H groups in total. The van der Waals surface area contributed by atoms with E-state index in [2.05, 4.69) is 31.1 Å². The third kappa shape index (κ3) is 5.47. The first-order valence-electron chi connectivity index (χ1n) is 10.1. The highest BCUT2D eigenvalue weighted by Crippen LogP contribution is 2.33. The zero-order valence-corrected chi connectivity index (χ0v) is 18.0. The van der Waals surface area contributed by atoms with Crippen LogP contribution in [-0.2, 0) is 12.1 Å². The van der Waals surface area contributed by atoms with Crippen molar-refractivity contribution in [3.8, 4) is 17.0 Å². The van der Waals surface area contributed by atoms with Crippen molar-refractivity contribution >= 4 is 11.6 Å². The zero-order chi connectivity index (χ0) is 22.4. The lowest BCUT2D eigenvalue weighted by atomic mass is 9.86. The summed E-state index contributed by atoms with van der Waals surface area (Å²) in [4.78, 5) is 17.0. The second-order valence-electron chi connectivity index (χ2n) is 8.21. The Morgan fingerprint density at radius 1 is 1.13 bits per heavy atom. The number of pyridine rings is 1. The van der Waals surface area contributed by atoms with Gasteiger partial charge in [0, 0.05) is 34.6 Å². The summed E-state index contributed by atoms with van der Waals surface area (Å²) < 4.78 is 18.9. The first-order chi connectivity index (χ1) is 14.8. The fraction of sp³-hybridized carbons (Fsp3) is 0.280. The largest absolute Gasteiger partial charge is 0.491 e. The number of carbonyl (C=O) groups is 1. The van der Waals surface area contributed by atoms with Crippen LogP contribution in [0.25, 0.3) is 11.3 Å². The van der Waals surface area contributed by atoms with Gasteiger partial charge in [-0.2, -0.15) is 0 Å². The molecule has 0 aliphatic rings. The van der Waals surface area contributed by atoms with Gasteiger partial charge in [0.1, 0.15) is 19.0 Å². The van der Waals surface area contributed by atoms with Crippen molar-refractivity contribution in [3.63, 3.8) is 0 Å². The Kier molecular flexibility index (Phi) is 7.02. The quantitative estimate of drug-likeness (QED) is 0.553. The number of aliphatic hydroxyl groups is 1. The van der Waals surface area contributed by atoms with Crippen LogP contribution in [0, 0.1) is 0 Å². The predicted octanol–water partition coefficient (Wildman–Crippen LogP) is 5.14. The smallest absolute Gasteiger partial charge is 0.255 e. The van der Waals surface area contributed by atoms with Crippen LogP contribution in [0.5, 0.6) is 5.75 Å². The van der Waals surface area contributed by atoms with Crippen LogP contribution in [0.1, 0.15) is 42.3 Å². The molecule has 3 aromatic rings. The minimum atomic E-state index is -0.601. The number of anilines is 1. The number of benzene rings is 2. The molecule has 0 bridgehead atoms. The van der Waals surface area contributed by atoms with Crippen LogP contribution in [0.3, 0.4) is 0 Å². The minimum Gasteiger partial charge on any atom is -0.491 e. The van der Waals surface area contributed by atoms with E-state index in [0.29, 0.717) is 28.3 Å². The molecular weight excluding hydrogens is 395 g/mol. The molecule has 0 saturated carbocycles. The number of nitrogens with zero attached hydrogens (tertiary/aromatic N) is 1. The van der Waals surface area contributed by atoms with Crippen LogP contribution < -0.4 is 10.1 Å². The van der Waals surface area contributed by atoms with E-state index < -0.39 is 6.67 Å². The molecule has 1 heterocycles. The van der Waals surface area contributed by atoms with E-state index in [1.165, 1.54) is 0 Å². The molecular formula is C25H27FN2O3. The average molecular weight is 423 g/mol. The topological polar surface area (TPSA) is 71.5 Å². The van der Waals surface area contributed by atoms with Crippen molar-refractivity contribution in [3.05, 3.63) is 77.5 Å². The molecule has 6 heteroatoms. The normalized spacial score (nSPS) is 11.3. The number of aliphatic hydroxyl groups excluding tert-OH is 1. The van der Waals surface area contributed by atoms with Crippen molar-refractivity contribution < 1.29 is 19.0 Å². The van der Waals surface area contributed by atoms with Gasteiger partial charge in [-0.3, -0.25) is 9.78 Å². The highest BCUT2D eigenvalue weighted by Gasteiger charge is 2.20. The number of ether oxygens (including phenoxy) is 1. The Morgan fingerprint density at radius 3 is 2.52 bits per heavy atom. The average Bonchev–Trinajstić information content (AvgIpc) is 2.77. The molecule has 0 aliphatic carbocycles. The molecule has 162 valence electrons. The third-order valence-corrected chi connectivity index (χ3v) is 4.85. The summed E-state index contributed by atoms with van der Waals surface area (Å²) in [6.07, 6.45) is 1.62. The number of halogens is 1. The van der Waals surface area contributed by atoms with E-state index in [1.54, 1.807) is 48.7 Å². The van der Waals surface area contributed by atoms with Crippen LogP contribution in [0.2, 0.25) is 0 Å². The predicted molar refractivity (Wildman–Crippen MR) is 120 cm³/mol. The molecule has 0 aliphatic heterocycles. The number of rotatable bonds is 7. The van der Waals surface area contributed by atoms with Crippen molar-refractivity contribution in [1.82, 2.24) is 4.98 Å². The van der Waals surface area contributed by atoms with Gasteiger partial charge in [0.15, 0.2) is 0 Å². The molecule has 0 radical (unpaired) electrons. The van der Waals surface area contributed by atoms with Gasteiger partial charge in [-0.15, -0.1) is 0 Å². The molecule has 0 atom stereocenters. The maximum atomic E-state index is 13.2. The maximum absolute atomic E-state index is 13.2. The molecule has 1 amide bonds. The lowest BCUT2D eigenvalue weighted by molar-refractivity contribution is 0.102. The van der Waals surface area contributed by atoms with E-state index in [-0.39, 0.29) is 24.5 Å². The summed E-state index contributed by atoms with van der Waals surface area (Å²) in [6.45, 7) is 5.71. The van der Waals surface area contributed by atoms with Gasteiger partial charge in [0.05, 0.1) is 12.3 Å². The first-order valence-corrected chi connectivity index (χ1v) is 10.1. The van der Waals surface area contributed by atoms with Gasteiger partial charge in [-0.1, -0.05) is 45.0 Å². The fourth-order valence-corrected chi connectivity index (χ4v) is 3.28. The standard InChI is InChI=1S/C25H27FN2O3/c1-25(2,3)21-11-10-20(15-22(21)31-14-13-29)28-24(30)18-8-6-17(7-9-18)23-19(16-26)5-4-12-27-23/h4-12,15,29H,13-14,16H2,1-3H3,(H,28,30). The van der Waals surface area contributed by atoms with Crippen molar-refractivity contribution in [2.45, 2.75) is 32.9 Å². The second-order valence-corrected chi connectivity index (χ2v) is 8.21. The molecule has 0 fully saturated rings. The SMILES string of the molecule is CC(C)(C)c1ccc(NC(=O)c2ccc(-c3ncccc3CF)cc2)cc1OCCO. The lowest BCUT2D eigenvalue weighted by Gasteiger charge is -2.23. The summed E-state index contributed by atoms with van der Waals surface area (Å²) in [6, 6.07) is 15.8. The van der Waals surface area contributed by atoms with Gasteiger partial charge in [-0.25, -0.2) is 4.39 Å². The summed E-state index contributed by atoms with van der Waals surface area (Å²) in [7, 11) is 0. The van der Waals surface area contributed by atoms with Gasteiger partial charge in [0.25, 0.3) is 5.91 Å². The van der Waals surface area contributed by atoms with Crippen LogP contribution in [0.15, 0.2) is 60.8 Å². The minimum absolute atomic E-state index is 0.0904. The number of hydrogen-bond donors (Lipinski definition) is 2. The first kappa shape index (κ1) is 22.4. The van der Waals surface area contributed by atoms with Gasteiger partial charge < -0.3 is 15.2 Å². The Labute approximate surface area is 181 Å². The highest BCUT2D eigenvalue weighted by atomic mass is 19.1. The summed E-state index contributed by atoms with van der Waals surface area (Å²) >= 11 is 0. The van der Waals surface area contributed by atoms with Gasteiger partial charge in [0.2, 0.25) is 0 Å². The molecule has 31 heavy (non-hydrogen) atoms. The highest BCUT2D eigenvalue weighted by molar-refractivity contribution is 6.04. The molecule has 2 aromatic carbocycles. The molecule has 0 saturated heterocycles.